The molecule has 19 heavy (non-hydrogen) atoms. The third kappa shape index (κ3) is 3.69. The van der Waals surface area contributed by atoms with Crippen molar-refractivity contribution >= 4 is 18.0 Å². The number of rotatable bonds is 5. The van der Waals surface area contributed by atoms with Gasteiger partial charge in [-0.15, -0.1) is 0 Å². The van der Waals surface area contributed by atoms with Crippen molar-refractivity contribution in [2.75, 3.05) is 7.11 Å². The second-order valence-electron chi connectivity index (χ2n) is 3.73. The highest BCUT2D eigenvalue weighted by atomic mass is 32.2. The van der Waals surface area contributed by atoms with E-state index >= 15 is 0 Å². The fourth-order valence-electron chi connectivity index (χ4n) is 1.46. The molecule has 0 amide bonds. The topological polar surface area (TPSA) is 72.0 Å². The average molecular weight is 276 g/mol. The van der Waals surface area contributed by atoms with Crippen molar-refractivity contribution in [3.8, 4) is 5.75 Å². The molecule has 2 rings (SSSR count). The number of hydrogen-bond donors (Lipinski definition) is 1. The van der Waals surface area contributed by atoms with Crippen LogP contribution in [0.3, 0.4) is 0 Å². The number of carbonyl (C=O) groups is 1. The number of ether oxygens (including phenoxy) is 1. The smallest absolute Gasteiger partial charge is 0.252 e. The van der Waals surface area contributed by atoms with Gasteiger partial charge in [0.05, 0.1) is 7.11 Å². The Labute approximate surface area is 114 Å². The van der Waals surface area contributed by atoms with Gasteiger partial charge in [-0.2, -0.15) is 0 Å². The third-order valence-electron chi connectivity index (χ3n) is 2.40. The highest BCUT2D eigenvalue weighted by molar-refractivity contribution is 7.98. The van der Waals surface area contributed by atoms with Crippen molar-refractivity contribution in [1.82, 2.24) is 9.97 Å². The number of aromatic nitrogens is 2. The maximum Gasteiger partial charge on any atom is 0.252 e. The van der Waals surface area contributed by atoms with E-state index in [0.717, 1.165) is 11.3 Å². The molecule has 0 bridgehead atoms. The molecule has 1 N–H and O–H groups in total. The van der Waals surface area contributed by atoms with E-state index < -0.39 is 0 Å². The van der Waals surface area contributed by atoms with Crippen LogP contribution in [0, 0.1) is 0 Å². The second kappa shape index (κ2) is 6.19. The van der Waals surface area contributed by atoms with Crippen LogP contribution in [0.4, 0.5) is 0 Å². The minimum absolute atomic E-state index is 0.140. The molecule has 0 atom stereocenters. The predicted molar refractivity (Wildman–Crippen MR) is 72.8 cm³/mol. The molecule has 0 spiro atoms. The van der Waals surface area contributed by atoms with Gasteiger partial charge in [0.25, 0.3) is 5.56 Å². The van der Waals surface area contributed by atoms with E-state index in [-0.39, 0.29) is 11.3 Å². The van der Waals surface area contributed by atoms with Crippen molar-refractivity contribution in [2.24, 2.45) is 0 Å². The van der Waals surface area contributed by atoms with Crippen molar-refractivity contribution < 1.29 is 9.53 Å². The number of aldehydes is 1. The maximum atomic E-state index is 11.3. The van der Waals surface area contributed by atoms with Gasteiger partial charge in [-0.25, -0.2) is 4.98 Å². The molecule has 6 heteroatoms. The zero-order valence-corrected chi connectivity index (χ0v) is 11.1. The second-order valence-corrected chi connectivity index (χ2v) is 4.69. The summed E-state index contributed by atoms with van der Waals surface area (Å²) < 4.78 is 5.07. The highest BCUT2D eigenvalue weighted by Crippen LogP contribution is 2.20. The van der Waals surface area contributed by atoms with Crippen molar-refractivity contribution in [1.29, 1.82) is 0 Å². The molecule has 0 saturated heterocycles. The van der Waals surface area contributed by atoms with Crippen LogP contribution in [0.5, 0.6) is 5.75 Å². The highest BCUT2D eigenvalue weighted by Gasteiger charge is 2.02. The largest absolute Gasteiger partial charge is 0.497 e. The van der Waals surface area contributed by atoms with Gasteiger partial charge >= 0.3 is 0 Å². The molecule has 0 aliphatic rings. The van der Waals surface area contributed by atoms with Crippen LogP contribution in [0.15, 0.2) is 40.3 Å². The zero-order chi connectivity index (χ0) is 13.7. The fraction of sp³-hybridized carbons (Fsp3) is 0.154. The Morgan fingerprint density at radius 1 is 1.37 bits per heavy atom. The molecule has 1 aromatic heterocycles. The van der Waals surface area contributed by atoms with Gasteiger partial charge in [0, 0.05) is 11.8 Å². The van der Waals surface area contributed by atoms with Gasteiger partial charge in [0.2, 0.25) is 0 Å². The number of carbonyl (C=O) groups excluding carboxylic acids is 1. The Balaban J connectivity index is 2.07. The van der Waals surface area contributed by atoms with Crippen molar-refractivity contribution in [3.05, 3.63) is 51.9 Å². The number of aromatic amines is 1. The first kappa shape index (κ1) is 13.4. The molecule has 0 fully saturated rings. The predicted octanol–water partition coefficient (Wildman–Crippen LogP) is 1.88. The lowest BCUT2D eigenvalue weighted by molar-refractivity contribution is 0.111. The lowest BCUT2D eigenvalue weighted by Crippen LogP contribution is -2.09. The van der Waals surface area contributed by atoms with Crippen molar-refractivity contribution in [2.45, 2.75) is 10.9 Å². The summed E-state index contributed by atoms with van der Waals surface area (Å²) in [6.07, 6.45) is 0.562. The average Bonchev–Trinajstić information content (AvgIpc) is 2.45. The monoisotopic (exact) mass is 276 g/mol. The number of hydrogen-bond acceptors (Lipinski definition) is 5. The first-order valence-corrected chi connectivity index (χ1v) is 6.52. The molecule has 0 unspecified atom stereocenters. The molecule has 0 aliphatic carbocycles. The molecule has 2 aromatic rings. The Kier molecular flexibility index (Phi) is 4.35. The number of nitrogens with zero attached hydrogens (tertiary/aromatic N) is 1. The first-order valence-electron chi connectivity index (χ1n) is 5.53. The Morgan fingerprint density at radius 3 is 2.74 bits per heavy atom. The summed E-state index contributed by atoms with van der Waals surface area (Å²) in [6.45, 7) is 0. The molecule has 0 radical (unpaired) electrons. The van der Waals surface area contributed by atoms with E-state index in [1.807, 2.05) is 24.3 Å². The fourth-order valence-corrected chi connectivity index (χ4v) is 2.29. The summed E-state index contributed by atoms with van der Waals surface area (Å²) in [6, 6.07) is 8.79. The lowest BCUT2D eigenvalue weighted by Gasteiger charge is -2.03. The van der Waals surface area contributed by atoms with Gasteiger partial charge in [-0.1, -0.05) is 23.9 Å². The normalized spacial score (nSPS) is 10.2. The van der Waals surface area contributed by atoms with Crippen molar-refractivity contribution in [3.63, 3.8) is 0 Å². The summed E-state index contributed by atoms with van der Waals surface area (Å²) in [5.41, 5.74) is 0.889. The number of thioether (sulfide) groups is 1. The molecular weight excluding hydrogens is 264 g/mol. The number of methoxy groups -OCH3 is 1. The van der Waals surface area contributed by atoms with Gasteiger partial charge in [-0.3, -0.25) is 9.59 Å². The molecule has 1 aromatic carbocycles. The van der Waals surface area contributed by atoms with Crippen LogP contribution < -0.4 is 10.3 Å². The van der Waals surface area contributed by atoms with E-state index in [2.05, 4.69) is 9.97 Å². The third-order valence-corrected chi connectivity index (χ3v) is 3.34. The lowest BCUT2D eigenvalue weighted by atomic mass is 10.2. The number of H-pyrrole nitrogens is 1. The molecule has 0 saturated carbocycles. The van der Waals surface area contributed by atoms with Crippen LogP contribution in [0.2, 0.25) is 0 Å². The zero-order valence-electron chi connectivity index (χ0n) is 10.3. The maximum absolute atomic E-state index is 11.3. The molecular formula is C13H12N2O3S. The van der Waals surface area contributed by atoms with Crippen LogP contribution in [0.1, 0.15) is 16.1 Å². The Bertz CT molecular complexity index is 623. The van der Waals surface area contributed by atoms with Gasteiger partial charge in [0.15, 0.2) is 11.4 Å². The van der Waals surface area contributed by atoms with E-state index in [1.165, 1.54) is 17.8 Å². The quantitative estimate of drug-likeness (QED) is 0.513. The summed E-state index contributed by atoms with van der Waals surface area (Å²) in [5.74, 6) is 1.44. The molecule has 98 valence electrons. The summed E-state index contributed by atoms with van der Waals surface area (Å²) in [4.78, 5) is 28.5. The molecule has 5 nitrogen and oxygen atoms in total. The van der Waals surface area contributed by atoms with E-state index in [1.54, 1.807) is 7.11 Å². The van der Waals surface area contributed by atoms with Gasteiger partial charge < -0.3 is 9.72 Å². The Morgan fingerprint density at radius 2 is 2.11 bits per heavy atom. The van der Waals surface area contributed by atoms with E-state index in [0.29, 0.717) is 17.2 Å². The standard InChI is InChI=1S/C13H12N2O3S/c1-18-11-4-2-9(3-5-11)8-19-13-14-10(7-16)6-12(17)15-13/h2-7H,8H2,1H3,(H,14,15,17). The van der Waals surface area contributed by atoms with Gasteiger partial charge in [-0.05, 0) is 17.7 Å². The first-order chi connectivity index (χ1) is 9.21. The van der Waals surface area contributed by atoms with E-state index in [4.69, 9.17) is 4.74 Å². The minimum Gasteiger partial charge on any atom is -0.497 e. The molecule has 1 heterocycles. The van der Waals surface area contributed by atoms with Crippen LogP contribution in [0.25, 0.3) is 0 Å². The number of nitrogens with one attached hydrogen (secondary N) is 1. The Hall–Kier alpha value is -2.08. The molecule has 0 aliphatic heterocycles. The summed E-state index contributed by atoms with van der Waals surface area (Å²) >= 11 is 1.36. The summed E-state index contributed by atoms with van der Waals surface area (Å²) in [7, 11) is 1.61. The minimum atomic E-state index is -0.325. The number of benzene rings is 1. The van der Waals surface area contributed by atoms with Gasteiger partial charge in [0.1, 0.15) is 11.4 Å². The summed E-state index contributed by atoms with van der Waals surface area (Å²) in [5, 5.41) is 0.436. The van der Waals surface area contributed by atoms with Crippen LogP contribution in [-0.4, -0.2) is 23.4 Å². The van der Waals surface area contributed by atoms with E-state index in [9.17, 15) is 9.59 Å². The SMILES string of the molecule is COc1ccc(CSc2nc(C=O)cc(=O)[nH]2)cc1. The van der Waals surface area contributed by atoms with Crippen LogP contribution >= 0.6 is 11.8 Å². The van der Waals surface area contributed by atoms with Crippen LogP contribution in [-0.2, 0) is 5.75 Å².